The Kier molecular flexibility index (Phi) is 4.44. The molecule has 0 N–H and O–H groups in total. The van der Waals surface area contributed by atoms with Crippen molar-refractivity contribution in [3.63, 3.8) is 0 Å². The maximum absolute atomic E-state index is 2.42. The summed E-state index contributed by atoms with van der Waals surface area (Å²) < 4.78 is 0. The summed E-state index contributed by atoms with van der Waals surface area (Å²) in [6, 6.07) is 13.3. The van der Waals surface area contributed by atoms with E-state index in [4.69, 9.17) is 0 Å². The van der Waals surface area contributed by atoms with Gasteiger partial charge >= 0.3 is 0 Å². The second-order valence-corrected chi connectivity index (χ2v) is 6.47. The van der Waals surface area contributed by atoms with Crippen molar-refractivity contribution in [1.82, 2.24) is 4.90 Å². The first-order valence-electron chi connectivity index (χ1n) is 8.16. The van der Waals surface area contributed by atoms with Crippen LogP contribution in [0.15, 0.2) is 42.5 Å². The third kappa shape index (κ3) is 3.15. The number of rotatable bonds is 4. The van der Waals surface area contributed by atoms with Gasteiger partial charge in [0.05, 0.1) is 0 Å². The number of hydrogen-bond donors (Lipinski definition) is 0. The maximum Gasteiger partial charge on any atom is 0.0240 e. The average molecular weight is 291 g/mol. The SMILES string of the molecule is Cc1cccc(C)c1CN(C)Cc1cccc2c1C=CCC2. The summed E-state index contributed by atoms with van der Waals surface area (Å²) in [6.07, 6.45) is 6.97. The maximum atomic E-state index is 2.42. The Balaban J connectivity index is 1.78. The van der Waals surface area contributed by atoms with Gasteiger partial charge in [0.15, 0.2) is 0 Å². The van der Waals surface area contributed by atoms with Crippen LogP contribution in [0, 0.1) is 13.8 Å². The molecule has 0 radical (unpaired) electrons. The summed E-state index contributed by atoms with van der Waals surface area (Å²) in [5, 5.41) is 0. The largest absolute Gasteiger partial charge is 0.298 e. The highest BCUT2D eigenvalue weighted by atomic mass is 15.1. The number of allylic oxidation sites excluding steroid dienone is 1. The molecule has 3 rings (SSSR count). The van der Waals surface area contributed by atoms with Crippen molar-refractivity contribution in [3.8, 4) is 0 Å². The van der Waals surface area contributed by atoms with Crippen LogP contribution < -0.4 is 0 Å². The molecule has 22 heavy (non-hydrogen) atoms. The lowest BCUT2D eigenvalue weighted by molar-refractivity contribution is 0.317. The van der Waals surface area contributed by atoms with Crippen molar-refractivity contribution >= 4 is 6.08 Å². The van der Waals surface area contributed by atoms with E-state index in [-0.39, 0.29) is 0 Å². The van der Waals surface area contributed by atoms with Gasteiger partial charge in [0, 0.05) is 13.1 Å². The van der Waals surface area contributed by atoms with E-state index < -0.39 is 0 Å². The van der Waals surface area contributed by atoms with Crippen LogP contribution in [0.3, 0.4) is 0 Å². The molecule has 0 aliphatic heterocycles. The monoisotopic (exact) mass is 291 g/mol. The van der Waals surface area contributed by atoms with Crippen molar-refractivity contribution in [1.29, 1.82) is 0 Å². The van der Waals surface area contributed by atoms with Crippen molar-refractivity contribution in [2.24, 2.45) is 0 Å². The van der Waals surface area contributed by atoms with Crippen molar-refractivity contribution in [3.05, 3.63) is 75.9 Å². The molecule has 0 saturated heterocycles. The molecule has 0 bridgehead atoms. The Bertz CT molecular complexity index is 677. The Morgan fingerprint density at radius 1 is 0.955 bits per heavy atom. The summed E-state index contributed by atoms with van der Waals surface area (Å²) in [6.45, 7) is 6.43. The third-order valence-electron chi connectivity index (χ3n) is 4.66. The number of fused-ring (bicyclic) bond motifs is 1. The first-order valence-corrected chi connectivity index (χ1v) is 8.16. The smallest absolute Gasteiger partial charge is 0.0240 e. The fourth-order valence-electron chi connectivity index (χ4n) is 3.39. The van der Waals surface area contributed by atoms with Crippen LogP contribution >= 0.6 is 0 Å². The van der Waals surface area contributed by atoms with Crippen LogP contribution in [0.2, 0.25) is 0 Å². The summed E-state index contributed by atoms with van der Waals surface area (Å²) in [4.78, 5) is 2.42. The van der Waals surface area contributed by atoms with E-state index in [1.54, 1.807) is 0 Å². The van der Waals surface area contributed by atoms with E-state index >= 15 is 0 Å². The van der Waals surface area contributed by atoms with E-state index in [1.165, 1.54) is 46.2 Å². The van der Waals surface area contributed by atoms with E-state index in [9.17, 15) is 0 Å². The molecule has 0 atom stereocenters. The van der Waals surface area contributed by atoms with Crippen molar-refractivity contribution in [2.45, 2.75) is 39.8 Å². The van der Waals surface area contributed by atoms with Gasteiger partial charge in [-0.25, -0.2) is 0 Å². The molecule has 0 unspecified atom stereocenters. The van der Waals surface area contributed by atoms with Crippen LogP contribution in [0.5, 0.6) is 0 Å². The predicted molar refractivity (Wildman–Crippen MR) is 94.9 cm³/mol. The quantitative estimate of drug-likeness (QED) is 0.775. The Morgan fingerprint density at radius 2 is 1.68 bits per heavy atom. The highest BCUT2D eigenvalue weighted by Gasteiger charge is 2.12. The van der Waals surface area contributed by atoms with Crippen LogP contribution in [-0.2, 0) is 19.5 Å². The predicted octanol–water partition coefficient (Wildman–Crippen LogP) is 4.89. The number of hydrogen-bond acceptors (Lipinski definition) is 1. The molecule has 0 aromatic heterocycles. The minimum absolute atomic E-state index is 1.00. The molecule has 1 heteroatoms. The lowest BCUT2D eigenvalue weighted by Gasteiger charge is -2.22. The van der Waals surface area contributed by atoms with E-state index in [2.05, 4.69) is 74.3 Å². The highest BCUT2D eigenvalue weighted by Crippen LogP contribution is 2.24. The molecule has 2 aromatic carbocycles. The van der Waals surface area contributed by atoms with Gasteiger partial charge in [-0.05, 0) is 67.1 Å². The molecule has 0 saturated carbocycles. The molecule has 0 fully saturated rings. The number of benzene rings is 2. The molecule has 1 nitrogen and oxygen atoms in total. The third-order valence-corrected chi connectivity index (χ3v) is 4.66. The molecule has 0 amide bonds. The van der Waals surface area contributed by atoms with E-state index in [1.807, 2.05) is 0 Å². The second kappa shape index (κ2) is 6.50. The standard InChI is InChI=1S/C21H25N/c1-16-8-6-9-17(2)21(16)15-22(3)14-19-12-7-11-18-10-4-5-13-20(18)19/h5-9,11-13H,4,10,14-15H2,1-3H3. The van der Waals surface area contributed by atoms with Gasteiger partial charge in [-0.3, -0.25) is 4.90 Å². The van der Waals surface area contributed by atoms with Crippen LogP contribution in [-0.4, -0.2) is 11.9 Å². The minimum Gasteiger partial charge on any atom is -0.298 e. The molecular formula is C21H25N. The normalized spacial score (nSPS) is 13.5. The van der Waals surface area contributed by atoms with E-state index in [0.29, 0.717) is 0 Å². The zero-order chi connectivity index (χ0) is 15.5. The Hall–Kier alpha value is -1.86. The summed E-state index contributed by atoms with van der Waals surface area (Å²) in [5.41, 5.74) is 8.64. The van der Waals surface area contributed by atoms with E-state index in [0.717, 1.165) is 13.1 Å². The zero-order valence-electron chi connectivity index (χ0n) is 13.9. The lowest BCUT2D eigenvalue weighted by atomic mass is 9.93. The highest BCUT2D eigenvalue weighted by molar-refractivity contribution is 5.60. The van der Waals surface area contributed by atoms with Crippen molar-refractivity contribution in [2.75, 3.05) is 7.05 Å². The summed E-state index contributed by atoms with van der Waals surface area (Å²) in [7, 11) is 2.22. The van der Waals surface area contributed by atoms with Crippen molar-refractivity contribution < 1.29 is 0 Å². The van der Waals surface area contributed by atoms with Crippen LogP contribution in [0.4, 0.5) is 0 Å². The Labute approximate surface area is 134 Å². The van der Waals surface area contributed by atoms with Crippen LogP contribution in [0.25, 0.3) is 6.08 Å². The summed E-state index contributed by atoms with van der Waals surface area (Å²) >= 11 is 0. The van der Waals surface area contributed by atoms with Gasteiger partial charge in [-0.2, -0.15) is 0 Å². The first kappa shape index (κ1) is 15.1. The summed E-state index contributed by atoms with van der Waals surface area (Å²) in [5.74, 6) is 0. The van der Waals surface area contributed by atoms with Gasteiger partial charge in [0.25, 0.3) is 0 Å². The first-order chi connectivity index (χ1) is 10.6. The molecule has 114 valence electrons. The Morgan fingerprint density at radius 3 is 2.45 bits per heavy atom. The number of aryl methyl sites for hydroxylation is 3. The van der Waals surface area contributed by atoms with Gasteiger partial charge in [-0.1, -0.05) is 48.6 Å². The second-order valence-electron chi connectivity index (χ2n) is 6.47. The molecular weight excluding hydrogens is 266 g/mol. The molecule has 1 aliphatic carbocycles. The zero-order valence-corrected chi connectivity index (χ0v) is 13.9. The topological polar surface area (TPSA) is 3.24 Å². The fourth-order valence-corrected chi connectivity index (χ4v) is 3.39. The van der Waals surface area contributed by atoms with Gasteiger partial charge in [-0.15, -0.1) is 0 Å². The molecule has 0 heterocycles. The molecule has 2 aromatic rings. The van der Waals surface area contributed by atoms with Gasteiger partial charge < -0.3 is 0 Å². The fraction of sp³-hybridized carbons (Fsp3) is 0.333. The number of nitrogens with zero attached hydrogens (tertiary/aromatic N) is 1. The minimum atomic E-state index is 1.00. The average Bonchev–Trinajstić information content (AvgIpc) is 2.51. The molecule has 1 aliphatic rings. The molecule has 0 spiro atoms. The van der Waals surface area contributed by atoms with Crippen LogP contribution in [0.1, 0.15) is 39.8 Å². The van der Waals surface area contributed by atoms with Gasteiger partial charge in [0.1, 0.15) is 0 Å². The van der Waals surface area contributed by atoms with Gasteiger partial charge in [0.2, 0.25) is 0 Å². The lowest BCUT2D eigenvalue weighted by Crippen LogP contribution is -2.19.